The van der Waals surface area contributed by atoms with Gasteiger partial charge in [-0.15, -0.1) is 0 Å². The van der Waals surface area contributed by atoms with Gasteiger partial charge in [-0.1, -0.05) is 35.8 Å². The van der Waals surface area contributed by atoms with Crippen LogP contribution in [-0.2, 0) is 0 Å². The number of nitrogens with zero attached hydrogens (tertiary/aromatic N) is 1. The number of rotatable bonds is 4. The maximum absolute atomic E-state index is 11.9. The van der Waals surface area contributed by atoms with Gasteiger partial charge in [0.25, 0.3) is 5.91 Å². The molecule has 90 valence electrons. The molecule has 0 bridgehead atoms. The fraction of sp³-hybridized carbons (Fsp3) is 0.385. The van der Waals surface area contributed by atoms with Gasteiger partial charge in [0.1, 0.15) is 6.04 Å². The molecule has 0 saturated carbocycles. The Kier molecular flexibility index (Phi) is 5.17. The quantitative estimate of drug-likeness (QED) is 0.928. The molecule has 17 heavy (non-hydrogen) atoms. The van der Waals surface area contributed by atoms with Crippen molar-refractivity contribution in [2.24, 2.45) is 5.92 Å². The first-order chi connectivity index (χ1) is 8.02. The van der Waals surface area contributed by atoms with Crippen LogP contribution >= 0.6 is 15.9 Å². The van der Waals surface area contributed by atoms with Crippen LogP contribution in [0.25, 0.3) is 0 Å². The fourth-order valence-electron chi connectivity index (χ4n) is 1.49. The molecule has 1 atom stereocenters. The molecule has 4 heteroatoms. The Morgan fingerprint density at radius 1 is 1.53 bits per heavy atom. The molecule has 0 spiro atoms. The van der Waals surface area contributed by atoms with Crippen LogP contribution in [0.1, 0.15) is 30.6 Å². The van der Waals surface area contributed by atoms with Gasteiger partial charge in [-0.3, -0.25) is 4.79 Å². The van der Waals surface area contributed by atoms with Crippen LogP contribution in [0, 0.1) is 17.2 Å². The lowest BCUT2D eigenvalue weighted by atomic mass is 10.0. The highest BCUT2D eigenvalue weighted by Crippen LogP contribution is 2.12. The van der Waals surface area contributed by atoms with Crippen molar-refractivity contribution < 1.29 is 4.79 Å². The van der Waals surface area contributed by atoms with E-state index >= 15 is 0 Å². The maximum Gasteiger partial charge on any atom is 0.252 e. The molecule has 1 rings (SSSR count). The van der Waals surface area contributed by atoms with Crippen molar-refractivity contribution in [2.45, 2.75) is 26.3 Å². The predicted molar refractivity (Wildman–Crippen MR) is 70.5 cm³/mol. The number of hydrogen-bond donors (Lipinski definition) is 1. The van der Waals surface area contributed by atoms with E-state index in [1.165, 1.54) is 0 Å². The zero-order valence-corrected chi connectivity index (χ0v) is 11.5. The molecule has 1 unspecified atom stereocenters. The Balaban J connectivity index is 2.68. The lowest BCUT2D eigenvalue weighted by Gasteiger charge is -2.13. The van der Waals surface area contributed by atoms with E-state index in [2.05, 4.69) is 27.3 Å². The zero-order valence-electron chi connectivity index (χ0n) is 9.90. The minimum absolute atomic E-state index is 0.210. The highest BCUT2D eigenvalue weighted by Gasteiger charge is 2.14. The van der Waals surface area contributed by atoms with Crippen LogP contribution in [0.4, 0.5) is 0 Å². The predicted octanol–water partition coefficient (Wildman–Crippen LogP) is 3.12. The normalized spacial score (nSPS) is 11.9. The molecule has 0 aliphatic carbocycles. The molecule has 1 N–H and O–H groups in total. The van der Waals surface area contributed by atoms with E-state index in [0.717, 1.165) is 4.47 Å². The van der Waals surface area contributed by atoms with Gasteiger partial charge in [0.15, 0.2) is 0 Å². The van der Waals surface area contributed by atoms with Crippen LogP contribution in [0.2, 0.25) is 0 Å². The second-order valence-electron chi connectivity index (χ2n) is 4.30. The van der Waals surface area contributed by atoms with Gasteiger partial charge in [0.2, 0.25) is 0 Å². The summed E-state index contributed by atoms with van der Waals surface area (Å²) in [6.45, 7) is 4.05. The standard InChI is InChI=1S/C13H15BrN2O/c1-9(2)6-12(8-15)16-13(17)10-4-3-5-11(14)7-10/h3-5,7,9,12H,6H2,1-2H3,(H,16,17). The third-order valence-corrected chi connectivity index (χ3v) is 2.75. The van der Waals surface area contributed by atoms with Gasteiger partial charge in [-0.2, -0.15) is 5.26 Å². The molecule has 0 saturated heterocycles. The molecular formula is C13H15BrN2O. The summed E-state index contributed by atoms with van der Waals surface area (Å²) < 4.78 is 0.850. The number of nitrogens with one attached hydrogen (secondary N) is 1. The van der Waals surface area contributed by atoms with Gasteiger partial charge >= 0.3 is 0 Å². The number of carbonyl (C=O) groups excluding carboxylic acids is 1. The van der Waals surface area contributed by atoms with Crippen LogP contribution in [0.3, 0.4) is 0 Å². The number of halogens is 1. The van der Waals surface area contributed by atoms with Gasteiger partial charge < -0.3 is 5.32 Å². The van der Waals surface area contributed by atoms with E-state index in [1.807, 2.05) is 19.9 Å². The Bertz CT molecular complexity index is 437. The largest absolute Gasteiger partial charge is 0.336 e. The van der Waals surface area contributed by atoms with E-state index in [4.69, 9.17) is 5.26 Å². The van der Waals surface area contributed by atoms with Crippen molar-refractivity contribution in [2.75, 3.05) is 0 Å². The van der Waals surface area contributed by atoms with Crippen molar-refractivity contribution in [1.29, 1.82) is 5.26 Å². The molecule has 0 fully saturated rings. The molecule has 0 aromatic heterocycles. The summed E-state index contributed by atoms with van der Waals surface area (Å²) in [5.74, 6) is 0.168. The minimum atomic E-state index is -0.429. The van der Waals surface area contributed by atoms with Gasteiger partial charge in [-0.25, -0.2) is 0 Å². The zero-order chi connectivity index (χ0) is 12.8. The lowest BCUT2D eigenvalue weighted by Crippen LogP contribution is -2.34. The maximum atomic E-state index is 11.9. The van der Waals surface area contributed by atoms with Crippen molar-refractivity contribution in [1.82, 2.24) is 5.32 Å². The highest BCUT2D eigenvalue weighted by atomic mass is 79.9. The number of amides is 1. The summed E-state index contributed by atoms with van der Waals surface area (Å²) in [7, 11) is 0. The van der Waals surface area contributed by atoms with E-state index in [-0.39, 0.29) is 5.91 Å². The minimum Gasteiger partial charge on any atom is -0.336 e. The molecule has 1 aromatic rings. The Labute approximate surface area is 110 Å². The summed E-state index contributed by atoms with van der Waals surface area (Å²) in [5.41, 5.74) is 0.559. The first-order valence-corrected chi connectivity index (χ1v) is 6.28. The van der Waals surface area contributed by atoms with Crippen molar-refractivity contribution >= 4 is 21.8 Å². The van der Waals surface area contributed by atoms with Gasteiger partial charge in [-0.05, 0) is 30.5 Å². The Morgan fingerprint density at radius 3 is 2.76 bits per heavy atom. The number of benzene rings is 1. The topological polar surface area (TPSA) is 52.9 Å². The third kappa shape index (κ3) is 4.58. The molecule has 0 aliphatic heterocycles. The van der Waals surface area contributed by atoms with E-state index in [0.29, 0.717) is 17.9 Å². The Hall–Kier alpha value is -1.34. The average molecular weight is 295 g/mol. The van der Waals surface area contributed by atoms with Gasteiger partial charge in [0, 0.05) is 10.0 Å². The molecule has 1 amide bonds. The summed E-state index contributed by atoms with van der Waals surface area (Å²) in [6.07, 6.45) is 0.663. The van der Waals surface area contributed by atoms with Crippen LogP contribution < -0.4 is 5.32 Å². The van der Waals surface area contributed by atoms with Crippen LogP contribution in [0.15, 0.2) is 28.7 Å². The molecule has 0 aliphatic rings. The van der Waals surface area contributed by atoms with Crippen molar-refractivity contribution in [3.8, 4) is 6.07 Å². The third-order valence-electron chi connectivity index (χ3n) is 2.26. The van der Waals surface area contributed by atoms with E-state index in [9.17, 15) is 4.79 Å². The summed E-state index contributed by atoms with van der Waals surface area (Å²) in [6, 6.07) is 8.79. The smallest absolute Gasteiger partial charge is 0.252 e. The fourth-order valence-corrected chi connectivity index (χ4v) is 1.89. The van der Waals surface area contributed by atoms with E-state index in [1.54, 1.807) is 18.2 Å². The van der Waals surface area contributed by atoms with Crippen LogP contribution in [0.5, 0.6) is 0 Å². The molecule has 1 aromatic carbocycles. The van der Waals surface area contributed by atoms with E-state index < -0.39 is 6.04 Å². The first kappa shape index (κ1) is 13.7. The average Bonchev–Trinajstić information content (AvgIpc) is 2.27. The van der Waals surface area contributed by atoms with Crippen LogP contribution in [-0.4, -0.2) is 11.9 Å². The second-order valence-corrected chi connectivity index (χ2v) is 5.21. The lowest BCUT2D eigenvalue weighted by molar-refractivity contribution is 0.0942. The first-order valence-electron chi connectivity index (χ1n) is 5.49. The molecular weight excluding hydrogens is 280 g/mol. The summed E-state index contributed by atoms with van der Waals surface area (Å²) >= 11 is 3.31. The summed E-state index contributed by atoms with van der Waals surface area (Å²) in [4.78, 5) is 11.9. The highest BCUT2D eigenvalue weighted by molar-refractivity contribution is 9.10. The molecule has 0 heterocycles. The SMILES string of the molecule is CC(C)CC(C#N)NC(=O)c1cccc(Br)c1. The summed E-state index contributed by atoms with van der Waals surface area (Å²) in [5, 5.41) is 11.7. The van der Waals surface area contributed by atoms with Gasteiger partial charge in [0.05, 0.1) is 6.07 Å². The second kappa shape index (κ2) is 6.41. The Morgan fingerprint density at radius 2 is 2.24 bits per heavy atom. The number of carbonyl (C=O) groups is 1. The number of nitriles is 1. The molecule has 3 nitrogen and oxygen atoms in total. The number of hydrogen-bond acceptors (Lipinski definition) is 2. The van der Waals surface area contributed by atoms with Crippen molar-refractivity contribution in [3.63, 3.8) is 0 Å². The monoisotopic (exact) mass is 294 g/mol. The van der Waals surface area contributed by atoms with Crippen molar-refractivity contribution in [3.05, 3.63) is 34.3 Å². The molecule has 0 radical (unpaired) electrons.